The SMILES string of the molecule is C=CCN1C[C@@H]2CN(C(=O)c3cccnc3)CCC[C@]2(C(=O)OCC)C1. The first-order valence-corrected chi connectivity index (χ1v) is 9.30. The van der Waals surface area contributed by atoms with Gasteiger partial charge in [-0.15, -0.1) is 6.58 Å². The van der Waals surface area contributed by atoms with Crippen LogP contribution < -0.4 is 0 Å². The van der Waals surface area contributed by atoms with Gasteiger partial charge in [0.2, 0.25) is 0 Å². The summed E-state index contributed by atoms with van der Waals surface area (Å²) in [6.45, 7) is 9.47. The fourth-order valence-corrected chi connectivity index (χ4v) is 4.32. The number of nitrogens with zero attached hydrogens (tertiary/aromatic N) is 3. The number of carbonyl (C=O) groups excluding carboxylic acids is 2. The average Bonchev–Trinajstić information content (AvgIpc) is 2.89. The highest BCUT2D eigenvalue weighted by molar-refractivity contribution is 5.94. The first-order valence-electron chi connectivity index (χ1n) is 9.30. The zero-order valence-electron chi connectivity index (χ0n) is 15.4. The Morgan fingerprint density at radius 2 is 2.31 bits per heavy atom. The van der Waals surface area contributed by atoms with Crippen molar-refractivity contribution in [2.45, 2.75) is 19.8 Å². The second-order valence-electron chi connectivity index (χ2n) is 7.15. The number of pyridine rings is 1. The van der Waals surface area contributed by atoms with Crippen molar-refractivity contribution < 1.29 is 14.3 Å². The monoisotopic (exact) mass is 357 g/mol. The number of ether oxygens (including phenoxy) is 1. The van der Waals surface area contributed by atoms with Gasteiger partial charge in [-0.2, -0.15) is 0 Å². The summed E-state index contributed by atoms with van der Waals surface area (Å²) < 4.78 is 5.44. The van der Waals surface area contributed by atoms with E-state index in [9.17, 15) is 9.59 Å². The van der Waals surface area contributed by atoms with Crippen LogP contribution in [0, 0.1) is 11.3 Å². The van der Waals surface area contributed by atoms with E-state index in [0.29, 0.717) is 31.8 Å². The maximum absolute atomic E-state index is 12.9. The second kappa shape index (κ2) is 7.99. The van der Waals surface area contributed by atoms with Gasteiger partial charge in [-0.05, 0) is 31.9 Å². The van der Waals surface area contributed by atoms with E-state index in [1.165, 1.54) is 0 Å². The van der Waals surface area contributed by atoms with Gasteiger partial charge in [-0.25, -0.2) is 0 Å². The molecular formula is C20H27N3O3. The van der Waals surface area contributed by atoms with Crippen LogP contribution in [0.1, 0.15) is 30.1 Å². The number of likely N-dealkylation sites (tertiary alicyclic amines) is 2. The molecule has 6 nitrogen and oxygen atoms in total. The number of esters is 1. The summed E-state index contributed by atoms with van der Waals surface area (Å²) in [5.74, 6) is -0.0585. The van der Waals surface area contributed by atoms with Gasteiger partial charge >= 0.3 is 5.97 Å². The number of aromatic nitrogens is 1. The number of hydrogen-bond acceptors (Lipinski definition) is 5. The predicted molar refractivity (Wildman–Crippen MR) is 98.6 cm³/mol. The molecule has 0 radical (unpaired) electrons. The minimum atomic E-state index is -0.525. The summed E-state index contributed by atoms with van der Waals surface area (Å²) >= 11 is 0. The van der Waals surface area contributed by atoms with Gasteiger partial charge in [0.25, 0.3) is 5.91 Å². The predicted octanol–water partition coefficient (Wildman–Crippen LogP) is 1.98. The quantitative estimate of drug-likeness (QED) is 0.596. The van der Waals surface area contributed by atoms with E-state index in [1.807, 2.05) is 17.9 Å². The molecule has 6 heteroatoms. The van der Waals surface area contributed by atoms with Crippen LogP contribution in [-0.4, -0.2) is 66.0 Å². The molecule has 3 heterocycles. The molecule has 2 saturated heterocycles. The highest BCUT2D eigenvalue weighted by atomic mass is 16.5. The van der Waals surface area contributed by atoms with Crippen LogP contribution >= 0.6 is 0 Å². The first kappa shape index (κ1) is 18.6. The van der Waals surface area contributed by atoms with Crippen LogP contribution in [0.4, 0.5) is 0 Å². The van der Waals surface area contributed by atoms with Crippen molar-refractivity contribution in [3.63, 3.8) is 0 Å². The van der Waals surface area contributed by atoms with Crippen molar-refractivity contribution in [3.8, 4) is 0 Å². The number of amides is 1. The maximum atomic E-state index is 12.9. The van der Waals surface area contributed by atoms with E-state index >= 15 is 0 Å². The number of rotatable bonds is 5. The molecule has 1 aromatic heterocycles. The van der Waals surface area contributed by atoms with Gasteiger partial charge in [0.15, 0.2) is 0 Å². The summed E-state index contributed by atoms with van der Waals surface area (Å²) in [7, 11) is 0. The lowest BCUT2D eigenvalue weighted by Crippen LogP contribution is -2.43. The molecule has 0 bridgehead atoms. The van der Waals surface area contributed by atoms with E-state index in [0.717, 1.165) is 25.9 Å². The molecule has 0 aromatic carbocycles. The summed E-state index contributed by atoms with van der Waals surface area (Å²) in [5, 5.41) is 0. The topological polar surface area (TPSA) is 62.7 Å². The van der Waals surface area contributed by atoms with E-state index < -0.39 is 5.41 Å². The minimum absolute atomic E-state index is 0.0140. The average molecular weight is 357 g/mol. The lowest BCUT2D eigenvalue weighted by atomic mass is 9.75. The van der Waals surface area contributed by atoms with Gasteiger partial charge < -0.3 is 9.64 Å². The van der Waals surface area contributed by atoms with Crippen molar-refractivity contribution in [2.75, 3.05) is 39.3 Å². The van der Waals surface area contributed by atoms with E-state index in [-0.39, 0.29) is 17.8 Å². The Kier molecular flexibility index (Phi) is 5.71. The van der Waals surface area contributed by atoms with Crippen LogP contribution in [0.2, 0.25) is 0 Å². The van der Waals surface area contributed by atoms with Gasteiger partial charge in [0.1, 0.15) is 0 Å². The van der Waals surface area contributed by atoms with E-state index in [2.05, 4.69) is 16.5 Å². The van der Waals surface area contributed by atoms with Gasteiger partial charge in [0, 0.05) is 51.0 Å². The van der Waals surface area contributed by atoms with E-state index in [4.69, 9.17) is 4.74 Å². The fraction of sp³-hybridized carbons (Fsp3) is 0.550. The molecule has 1 aromatic rings. The van der Waals surface area contributed by atoms with Gasteiger partial charge in [-0.3, -0.25) is 19.5 Å². The van der Waals surface area contributed by atoms with Crippen molar-refractivity contribution >= 4 is 11.9 Å². The zero-order valence-corrected chi connectivity index (χ0v) is 15.4. The van der Waals surface area contributed by atoms with Crippen LogP contribution in [0.25, 0.3) is 0 Å². The molecule has 2 aliphatic heterocycles. The smallest absolute Gasteiger partial charge is 0.313 e. The highest BCUT2D eigenvalue weighted by Gasteiger charge is 2.54. The Balaban J connectivity index is 1.83. The Labute approximate surface area is 154 Å². The largest absolute Gasteiger partial charge is 0.466 e. The molecule has 0 aliphatic carbocycles. The summed E-state index contributed by atoms with van der Waals surface area (Å²) in [6.07, 6.45) is 6.67. The van der Waals surface area contributed by atoms with Crippen molar-refractivity contribution in [1.82, 2.24) is 14.8 Å². The molecule has 2 fully saturated rings. The van der Waals surface area contributed by atoms with Gasteiger partial charge in [0.05, 0.1) is 17.6 Å². The van der Waals surface area contributed by atoms with Crippen molar-refractivity contribution in [3.05, 3.63) is 42.7 Å². The number of hydrogen-bond donors (Lipinski definition) is 0. The van der Waals surface area contributed by atoms with E-state index in [1.54, 1.807) is 24.5 Å². The third kappa shape index (κ3) is 3.51. The fourth-order valence-electron chi connectivity index (χ4n) is 4.32. The van der Waals surface area contributed by atoms with Crippen LogP contribution in [-0.2, 0) is 9.53 Å². The lowest BCUT2D eigenvalue weighted by molar-refractivity contribution is -0.157. The zero-order chi connectivity index (χ0) is 18.6. The standard InChI is InChI=1S/C20H27N3O3/c1-3-10-22-13-17-14-23(18(24)16-7-5-9-21-12-16)11-6-8-20(17,15-22)19(25)26-4-2/h3,5,7,9,12,17H,1,4,6,8,10-11,13-15H2,2H3/t17-,20+/m1/s1. The summed E-state index contributed by atoms with van der Waals surface area (Å²) in [4.78, 5) is 33.9. The molecular weight excluding hydrogens is 330 g/mol. The molecule has 140 valence electrons. The highest BCUT2D eigenvalue weighted by Crippen LogP contribution is 2.43. The third-order valence-electron chi connectivity index (χ3n) is 5.52. The van der Waals surface area contributed by atoms with Gasteiger partial charge in [-0.1, -0.05) is 6.08 Å². The van der Waals surface area contributed by atoms with Crippen LogP contribution in [0.15, 0.2) is 37.2 Å². The molecule has 1 amide bonds. The Morgan fingerprint density at radius 1 is 1.46 bits per heavy atom. The molecule has 3 rings (SSSR count). The normalized spacial score (nSPS) is 26.0. The summed E-state index contributed by atoms with van der Waals surface area (Å²) in [6, 6.07) is 3.56. The Hall–Kier alpha value is -2.21. The lowest BCUT2D eigenvalue weighted by Gasteiger charge is -2.31. The summed E-state index contributed by atoms with van der Waals surface area (Å²) in [5.41, 5.74) is 0.0697. The first-order chi connectivity index (χ1) is 12.6. The van der Waals surface area contributed by atoms with Crippen LogP contribution in [0.3, 0.4) is 0 Å². The Morgan fingerprint density at radius 3 is 3.00 bits per heavy atom. The molecule has 2 atom stereocenters. The van der Waals surface area contributed by atoms with Crippen molar-refractivity contribution in [2.24, 2.45) is 11.3 Å². The van der Waals surface area contributed by atoms with Crippen LogP contribution in [0.5, 0.6) is 0 Å². The minimum Gasteiger partial charge on any atom is -0.466 e. The Bertz CT molecular complexity index is 664. The number of fused-ring (bicyclic) bond motifs is 1. The van der Waals surface area contributed by atoms with Crippen molar-refractivity contribution in [1.29, 1.82) is 0 Å². The molecule has 0 unspecified atom stereocenters. The third-order valence-corrected chi connectivity index (χ3v) is 5.52. The molecule has 26 heavy (non-hydrogen) atoms. The molecule has 0 saturated carbocycles. The second-order valence-corrected chi connectivity index (χ2v) is 7.15. The number of carbonyl (C=O) groups is 2. The molecule has 0 spiro atoms. The molecule has 2 aliphatic rings. The maximum Gasteiger partial charge on any atom is 0.313 e. The molecule has 0 N–H and O–H groups in total.